The van der Waals surface area contributed by atoms with E-state index in [0.717, 1.165) is 11.2 Å². The van der Waals surface area contributed by atoms with Gasteiger partial charge in [-0.1, -0.05) is 13.8 Å². The predicted molar refractivity (Wildman–Crippen MR) is 89.1 cm³/mol. The van der Waals surface area contributed by atoms with Crippen molar-refractivity contribution >= 4 is 32.2 Å². The zero-order valence-electron chi connectivity index (χ0n) is 13.3. The number of carbonyl (C=O) groups excluding carboxylic acids is 1. The van der Waals surface area contributed by atoms with Crippen molar-refractivity contribution in [2.24, 2.45) is 11.8 Å². The molecule has 0 unspecified atom stereocenters. The van der Waals surface area contributed by atoms with E-state index in [4.69, 9.17) is 0 Å². The van der Waals surface area contributed by atoms with Crippen molar-refractivity contribution in [1.82, 2.24) is 19.0 Å². The predicted octanol–water partition coefficient (Wildman–Crippen LogP) is 1.04. The number of thiazole rings is 1. The first kappa shape index (κ1) is 16.4. The molecule has 2 atom stereocenters. The van der Waals surface area contributed by atoms with Gasteiger partial charge in [0.25, 0.3) is 5.91 Å². The molecule has 1 saturated heterocycles. The summed E-state index contributed by atoms with van der Waals surface area (Å²) in [6.45, 7) is 5.00. The van der Waals surface area contributed by atoms with E-state index < -0.39 is 10.0 Å². The van der Waals surface area contributed by atoms with Gasteiger partial charge in [-0.15, -0.1) is 11.3 Å². The van der Waals surface area contributed by atoms with E-state index in [-0.39, 0.29) is 23.8 Å². The Labute approximate surface area is 139 Å². The lowest BCUT2D eigenvalue weighted by molar-refractivity contribution is 0.0778. The van der Waals surface area contributed by atoms with Crippen molar-refractivity contribution in [2.45, 2.75) is 19.9 Å². The summed E-state index contributed by atoms with van der Waals surface area (Å²) in [4.78, 5) is 19.5. The van der Waals surface area contributed by atoms with Gasteiger partial charge in [-0.25, -0.2) is 18.1 Å². The third-order valence-corrected chi connectivity index (χ3v) is 5.69. The van der Waals surface area contributed by atoms with Gasteiger partial charge in [-0.3, -0.25) is 9.20 Å². The summed E-state index contributed by atoms with van der Waals surface area (Å²) in [7, 11) is -3.31. The molecule has 9 heteroatoms. The number of likely N-dealkylation sites (tertiary alicyclic amines) is 1. The zero-order chi connectivity index (χ0) is 16.8. The number of hydrogen-bond acceptors (Lipinski definition) is 5. The van der Waals surface area contributed by atoms with Crippen molar-refractivity contribution in [1.29, 1.82) is 0 Å². The summed E-state index contributed by atoms with van der Waals surface area (Å²) in [6.07, 6.45) is 4.73. The maximum Gasteiger partial charge on any atom is 0.274 e. The molecule has 1 fully saturated rings. The molecule has 0 radical (unpaired) electrons. The molecular weight excluding hydrogens is 336 g/mol. The third-order valence-electron chi connectivity index (χ3n) is 4.19. The van der Waals surface area contributed by atoms with Crippen molar-refractivity contribution in [3.8, 4) is 0 Å². The molecule has 23 heavy (non-hydrogen) atoms. The molecule has 1 N–H and O–H groups in total. The minimum Gasteiger partial charge on any atom is -0.335 e. The molecule has 0 bridgehead atoms. The van der Waals surface area contributed by atoms with E-state index in [0.29, 0.717) is 18.8 Å². The molecule has 0 aliphatic carbocycles. The van der Waals surface area contributed by atoms with Crippen LogP contribution in [-0.2, 0) is 10.0 Å². The smallest absolute Gasteiger partial charge is 0.274 e. The number of rotatable bonds is 4. The van der Waals surface area contributed by atoms with Crippen LogP contribution >= 0.6 is 11.3 Å². The summed E-state index contributed by atoms with van der Waals surface area (Å²) < 4.78 is 27.6. The van der Waals surface area contributed by atoms with Crippen LogP contribution in [0.5, 0.6) is 0 Å². The van der Waals surface area contributed by atoms with Gasteiger partial charge in [-0.2, -0.15) is 0 Å². The van der Waals surface area contributed by atoms with E-state index >= 15 is 0 Å². The highest BCUT2D eigenvalue weighted by molar-refractivity contribution is 7.88. The molecule has 3 heterocycles. The molecule has 0 spiro atoms. The second-order valence-corrected chi connectivity index (χ2v) is 8.99. The van der Waals surface area contributed by atoms with Crippen LogP contribution in [-0.4, -0.2) is 54.0 Å². The van der Waals surface area contributed by atoms with Gasteiger partial charge in [0.2, 0.25) is 10.0 Å². The summed E-state index contributed by atoms with van der Waals surface area (Å²) >= 11 is 1.47. The molecule has 1 aliphatic rings. The van der Waals surface area contributed by atoms with Crippen molar-refractivity contribution in [3.05, 3.63) is 23.5 Å². The molecular formula is C14H20N4O3S2. The molecule has 0 aromatic carbocycles. The van der Waals surface area contributed by atoms with E-state index in [9.17, 15) is 13.2 Å². The fourth-order valence-electron chi connectivity index (χ4n) is 3.06. The average Bonchev–Trinajstić information content (AvgIpc) is 3.08. The van der Waals surface area contributed by atoms with Crippen LogP contribution in [0.4, 0.5) is 0 Å². The fraction of sp³-hybridized carbons (Fsp3) is 0.571. The van der Waals surface area contributed by atoms with Gasteiger partial charge >= 0.3 is 0 Å². The number of nitrogens with zero attached hydrogens (tertiary/aromatic N) is 3. The number of fused-ring (bicyclic) bond motifs is 1. The molecule has 0 saturated carbocycles. The van der Waals surface area contributed by atoms with E-state index in [2.05, 4.69) is 9.71 Å². The van der Waals surface area contributed by atoms with Crippen LogP contribution in [0, 0.1) is 11.8 Å². The molecule has 1 aliphatic heterocycles. The van der Waals surface area contributed by atoms with Gasteiger partial charge in [-0.05, 0) is 11.8 Å². The quantitative estimate of drug-likeness (QED) is 0.887. The molecule has 2 aromatic heterocycles. The molecule has 7 nitrogen and oxygen atoms in total. The summed E-state index contributed by atoms with van der Waals surface area (Å²) in [6, 6.07) is -0.252. The Hall–Kier alpha value is -1.45. The van der Waals surface area contributed by atoms with Crippen molar-refractivity contribution in [3.63, 3.8) is 0 Å². The second kappa shape index (κ2) is 5.88. The second-order valence-electron chi connectivity index (χ2n) is 6.33. The van der Waals surface area contributed by atoms with Gasteiger partial charge in [0, 0.05) is 36.9 Å². The number of carbonyl (C=O) groups is 1. The van der Waals surface area contributed by atoms with E-state index in [1.54, 1.807) is 11.1 Å². The summed E-state index contributed by atoms with van der Waals surface area (Å²) in [5, 5.41) is 1.91. The Morgan fingerprint density at radius 3 is 2.78 bits per heavy atom. The number of aromatic nitrogens is 2. The fourth-order valence-corrected chi connectivity index (χ4v) is 4.56. The Morgan fingerprint density at radius 2 is 2.17 bits per heavy atom. The molecule has 1 amide bonds. The number of imidazole rings is 1. The lowest BCUT2D eigenvalue weighted by Gasteiger charge is -2.21. The zero-order valence-corrected chi connectivity index (χ0v) is 14.9. The standard InChI is InChI=1S/C14H20N4O3S2/c1-9(2)10-6-18(7-11(10)16-23(3,20)21)13(19)12-8-17-4-5-22-14(17)15-12/h4-5,8-11,16H,6-7H2,1-3H3/t10-,11+/m0/s1. The minimum absolute atomic E-state index is 0.0948. The van der Waals surface area contributed by atoms with Gasteiger partial charge in [0.15, 0.2) is 4.96 Å². The van der Waals surface area contributed by atoms with Crippen LogP contribution in [0.3, 0.4) is 0 Å². The van der Waals surface area contributed by atoms with Gasteiger partial charge in [0.05, 0.1) is 6.26 Å². The van der Waals surface area contributed by atoms with E-state index in [1.165, 1.54) is 11.3 Å². The first-order valence-electron chi connectivity index (χ1n) is 7.43. The van der Waals surface area contributed by atoms with Gasteiger partial charge in [0.1, 0.15) is 5.69 Å². The summed E-state index contributed by atoms with van der Waals surface area (Å²) in [5.41, 5.74) is 0.402. The highest BCUT2D eigenvalue weighted by atomic mass is 32.2. The first-order valence-corrected chi connectivity index (χ1v) is 10.2. The van der Waals surface area contributed by atoms with Crippen LogP contribution in [0.15, 0.2) is 17.8 Å². The Kier molecular flexibility index (Phi) is 4.19. The first-order chi connectivity index (χ1) is 10.7. The van der Waals surface area contributed by atoms with Crippen LogP contribution < -0.4 is 4.72 Å². The van der Waals surface area contributed by atoms with E-state index in [1.807, 2.05) is 29.8 Å². The Morgan fingerprint density at radius 1 is 1.43 bits per heavy atom. The number of amides is 1. The topological polar surface area (TPSA) is 83.8 Å². The molecule has 3 rings (SSSR count). The number of nitrogens with one attached hydrogen (secondary N) is 1. The Bertz CT molecular complexity index is 796. The highest BCUT2D eigenvalue weighted by Crippen LogP contribution is 2.26. The number of hydrogen-bond donors (Lipinski definition) is 1. The normalized spacial score (nSPS) is 22.3. The maximum atomic E-state index is 12.7. The highest BCUT2D eigenvalue weighted by Gasteiger charge is 2.39. The van der Waals surface area contributed by atoms with Gasteiger partial charge < -0.3 is 4.90 Å². The van der Waals surface area contributed by atoms with Crippen LogP contribution in [0.1, 0.15) is 24.3 Å². The lowest BCUT2D eigenvalue weighted by atomic mass is 9.92. The maximum absolute atomic E-state index is 12.7. The minimum atomic E-state index is -3.31. The largest absolute Gasteiger partial charge is 0.335 e. The van der Waals surface area contributed by atoms with Crippen LogP contribution in [0.2, 0.25) is 0 Å². The monoisotopic (exact) mass is 356 g/mol. The molecule has 2 aromatic rings. The SMILES string of the molecule is CC(C)[C@@H]1CN(C(=O)c2cn3ccsc3n2)C[C@H]1NS(C)(=O)=O. The average molecular weight is 356 g/mol. The van der Waals surface area contributed by atoms with Crippen molar-refractivity contribution < 1.29 is 13.2 Å². The third kappa shape index (κ3) is 3.41. The lowest BCUT2D eigenvalue weighted by Crippen LogP contribution is -2.41. The van der Waals surface area contributed by atoms with Crippen LogP contribution in [0.25, 0.3) is 4.96 Å². The summed E-state index contributed by atoms with van der Waals surface area (Å²) in [5.74, 6) is 0.222. The van der Waals surface area contributed by atoms with Crippen molar-refractivity contribution in [2.75, 3.05) is 19.3 Å². The Balaban J connectivity index is 1.80. The number of sulfonamides is 1. The molecule has 126 valence electrons.